The molecule has 0 spiro atoms. The Bertz CT molecular complexity index is 531. The number of nitrogens with zero attached hydrogens (tertiary/aromatic N) is 3. The Kier molecular flexibility index (Phi) is 4.36. The molecule has 2 rings (SSSR count). The van der Waals surface area contributed by atoms with Crippen molar-refractivity contribution < 1.29 is 8.42 Å². The van der Waals surface area contributed by atoms with Gasteiger partial charge in [0.15, 0.2) is 9.84 Å². The monoisotopic (exact) mass is 284 g/mol. The van der Waals surface area contributed by atoms with E-state index in [9.17, 15) is 8.42 Å². The van der Waals surface area contributed by atoms with Crippen LogP contribution in [0.4, 0.5) is 5.95 Å². The van der Waals surface area contributed by atoms with Crippen molar-refractivity contribution in [1.82, 2.24) is 15.3 Å². The molecule has 1 aliphatic rings. The summed E-state index contributed by atoms with van der Waals surface area (Å²) in [6, 6.07) is 0. The molecule has 1 aromatic rings. The molecular weight excluding hydrogens is 264 g/mol. The highest BCUT2D eigenvalue weighted by molar-refractivity contribution is 7.91. The van der Waals surface area contributed by atoms with E-state index < -0.39 is 9.84 Å². The number of rotatable bonds is 4. The number of aryl methyl sites for hydroxylation is 1. The van der Waals surface area contributed by atoms with Crippen LogP contribution in [0, 0.1) is 6.92 Å². The number of sulfone groups is 1. The minimum Gasteiger partial charge on any atom is -0.339 e. The molecule has 2 heterocycles. The first-order valence-corrected chi connectivity index (χ1v) is 8.32. The summed E-state index contributed by atoms with van der Waals surface area (Å²) in [5.41, 5.74) is 2.02. The SMILES string of the molecule is CCNCc1cnc(N2CCS(=O)(=O)CC2)nc1C. The van der Waals surface area contributed by atoms with Gasteiger partial charge in [-0.1, -0.05) is 6.92 Å². The van der Waals surface area contributed by atoms with Crippen molar-refractivity contribution in [3.8, 4) is 0 Å². The third-order valence-corrected chi connectivity index (χ3v) is 4.87. The second kappa shape index (κ2) is 5.83. The summed E-state index contributed by atoms with van der Waals surface area (Å²) in [7, 11) is -2.86. The van der Waals surface area contributed by atoms with Gasteiger partial charge >= 0.3 is 0 Å². The summed E-state index contributed by atoms with van der Waals surface area (Å²) >= 11 is 0. The fourth-order valence-electron chi connectivity index (χ4n) is 1.98. The lowest BCUT2D eigenvalue weighted by molar-refractivity contribution is 0.585. The van der Waals surface area contributed by atoms with E-state index in [1.54, 1.807) is 0 Å². The van der Waals surface area contributed by atoms with Gasteiger partial charge in [-0.25, -0.2) is 18.4 Å². The van der Waals surface area contributed by atoms with Crippen molar-refractivity contribution in [3.63, 3.8) is 0 Å². The molecule has 0 unspecified atom stereocenters. The van der Waals surface area contributed by atoms with E-state index in [1.165, 1.54) is 0 Å². The highest BCUT2D eigenvalue weighted by Crippen LogP contribution is 2.14. The number of anilines is 1. The number of hydrogen-bond donors (Lipinski definition) is 1. The summed E-state index contributed by atoms with van der Waals surface area (Å²) in [5.74, 6) is 1.01. The van der Waals surface area contributed by atoms with Crippen LogP contribution in [0.2, 0.25) is 0 Å². The summed E-state index contributed by atoms with van der Waals surface area (Å²) in [6.07, 6.45) is 1.82. The van der Waals surface area contributed by atoms with Crippen LogP contribution in [0.1, 0.15) is 18.2 Å². The van der Waals surface area contributed by atoms with E-state index in [2.05, 4.69) is 22.2 Å². The highest BCUT2D eigenvalue weighted by atomic mass is 32.2. The molecule has 7 heteroatoms. The van der Waals surface area contributed by atoms with Crippen molar-refractivity contribution in [2.45, 2.75) is 20.4 Å². The Hall–Kier alpha value is -1.21. The normalized spacial score (nSPS) is 18.5. The van der Waals surface area contributed by atoms with Crippen molar-refractivity contribution in [2.75, 3.05) is 36.0 Å². The maximum Gasteiger partial charge on any atom is 0.225 e. The molecular formula is C12H20N4O2S. The molecule has 1 fully saturated rings. The Labute approximate surface area is 114 Å². The quantitative estimate of drug-likeness (QED) is 0.847. The topological polar surface area (TPSA) is 75.2 Å². The van der Waals surface area contributed by atoms with Gasteiger partial charge in [0.25, 0.3) is 0 Å². The van der Waals surface area contributed by atoms with E-state index in [-0.39, 0.29) is 11.5 Å². The van der Waals surface area contributed by atoms with E-state index in [4.69, 9.17) is 0 Å². The largest absolute Gasteiger partial charge is 0.339 e. The molecule has 1 aromatic heterocycles. The molecule has 0 radical (unpaired) electrons. The van der Waals surface area contributed by atoms with Gasteiger partial charge in [-0.05, 0) is 13.5 Å². The molecule has 19 heavy (non-hydrogen) atoms. The Morgan fingerprint density at radius 3 is 2.63 bits per heavy atom. The van der Waals surface area contributed by atoms with Gasteiger partial charge in [0.1, 0.15) is 0 Å². The maximum absolute atomic E-state index is 11.4. The maximum atomic E-state index is 11.4. The van der Waals surface area contributed by atoms with E-state index in [0.717, 1.165) is 24.3 Å². The van der Waals surface area contributed by atoms with Gasteiger partial charge in [-0.3, -0.25) is 0 Å². The lowest BCUT2D eigenvalue weighted by atomic mass is 10.2. The molecule has 0 atom stereocenters. The summed E-state index contributed by atoms with van der Waals surface area (Å²) in [6.45, 7) is 6.64. The molecule has 0 amide bonds. The van der Waals surface area contributed by atoms with Crippen LogP contribution >= 0.6 is 0 Å². The van der Waals surface area contributed by atoms with Crippen molar-refractivity contribution in [2.24, 2.45) is 0 Å². The van der Waals surface area contributed by atoms with Crippen LogP contribution < -0.4 is 10.2 Å². The average Bonchev–Trinajstić information content (AvgIpc) is 2.37. The van der Waals surface area contributed by atoms with Crippen LogP contribution in [-0.4, -0.2) is 49.5 Å². The van der Waals surface area contributed by atoms with Gasteiger partial charge in [0.05, 0.1) is 11.5 Å². The molecule has 6 nitrogen and oxygen atoms in total. The van der Waals surface area contributed by atoms with Gasteiger partial charge in [-0.15, -0.1) is 0 Å². The molecule has 1 saturated heterocycles. The van der Waals surface area contributed by atoms with Crippen molar-refractivity contribution >= 4 is 15.8 Å². The molecule has 0 bridgehead atoms. The molecule has 0 aliphatic carbocycles. The highest BCUT2D eigenvalue weighted by Gasteiger charge is 2.23. The fourth-order valence-corrected chi connectivity index (χ4v) is 3.18. The fraction of sp³-hybridized carbons (Fsp3) is 0.667. The first-order valence-electron chi connectivity index (χ1n) is 6.50. The zero-order valence-electron chi connectivity index (χ0n) is 11.4. The minimum atomic E-state index is -2.86. The minimum absolute atomic E-state index is 0.189. The second-order valence-electron chi connectivity index (χ2n) is 4.70. The summed E-state index contributed by atoms with van der Waals surface area (Å²) < 4.78 is 22.8. The lowest BCUT2D eigenvalue weighted by Crippen LogP contribution is -2.41. The standard InChI is InChI=1S/C12H20N4O2S/c1-3-13-8-11-9-14-12(15-10(11)2)16-4-6-19(17,18)7-5-16/h9,13H,3-8H2,1-2H3. The van der Waals surface area contributed by atoms with Gasteiger partial charge in [-0.2, -0.15) is 0 Å². The summed E-state index contributed by atoms with van der Waals surface area (Å²) in [5, 5.41) is 3.24. The molecule has 0 aromatic carbocycles. The van der Waals surface area contributed by atoms with Crippen LogP contribution in [0.15, 0.2) is 6.20 Å². The predicted molar refractivity (Wildman–Crippen MR) is 75.0 cm³/mol. The molecule has 0 saturated carbocycles. The zero-order chi connectivity index (χ0) is 13.9. The van der Waals surface area contributed by atoms with E-state index in [0.29, 0.717) is 19.0 Å². The Morgan fingerprint density at radius 2 is 2.05 bits per heavy atom. The van der Waals surface area contributed by atoms with Crippen LogP contribution in [-0.2, 0) is 16.4 Å². The third-order valence-electron chi connectivity index (χ3n) is 3.26. The Morgan fingerprint density at radius 1 is 1.37 bits per heavy atom. The predicted octanol–water partition coefficient (Wildman–Crippen LogP) is 0.129. The van der Waals surface area contributed by atoms with Gasteiger partial charge in [0.2, 0.25) is 5.95 Å². The van der Waals surface area contributed by atoms with Crippen molar-refractivity contribution in [3.05, 3.63) is 17.5 Å². The average molecular weight is 284 g/mol. The van der Waals surface area contributed by atoms with Crippen LogP contribution in [0.5, 0.6) is 0 Å². The van der Waals surface area contributed by atoms with E-state index in [1.807, 2.05) is 18.0 Å². The smallest absolute Gasteiger partial charge is 0.225 e. The van der Waals surface area contributed by atoms with Gasteiger partial charge in [0, 0.05) is 37.1 Å². The lowest BCUT2D eigenvalue weighted by Gasteiger charge is -2.27. The number of aromatic nitrogens is 2. The third kappa shape index (κ3) is 3.63. The van der Waals surface area contributed by atoms with Gasteiger partial charge < -0.3 is 10.2 Å². The Balaban J connectivity index is 2.08. The first-order chi connectivity index (χ1) is 9.02. The first kappa shape index (κ1) is 14.2. The van der Waals surface area contributed by atoms with E-state index >= 15 is 0 Å². The zero-order valence-corrected chi connectivity index (χ0v) is 12.2. The molecule has 106 valence electrons. The van der Waals surface area contributed by atoms with Crippen molar-refractivity contribution in [1.29, 1.82) is 0 Å². The number of hydrogen-bond acceptors (Lipinski definition) is 6. The number of nitrogens with one attached hydrogen (secondary N) is 1. The molecule has 1 N–H and O–H groups in total. The van der Waals surface area contributed by atoms with Crippen LogP contribution in [0.25, 0.3) is 0 Å². The molecule has 1 aliphatic heterocycles. The second-order valence-corrected chi connectivity index (χ2v) is 7.00. The van der Waals surface area contributed by atoms with Crippen LogP contribution in [0.3, 0.4) is 0 Å². The summed E-state index contributed by atoms with van der Waals surface area (Å²) in [4.78, 5) is 10.8.